The minimum absolute atomic E-state index is 0.00201. The Hall–Kier alpha value is -3.70. The monoisotopic (exact) mass is 535 g/mol. The summed E-state index contributed by atoms with van der Waals surface area (Å²) in [6.45, 7) is 1.68. The van der Waals surface area contributed by atoms with Crippen molar-refractivity contribution in [2.75, 3.05) is 13.2 Å². The summed E-state index contributed by atoms with van der Waals surface area (Å²) >= 11 is 0. The molecule has 0 spiro atoms. The average molecular weight is 536 g/mol. The molecule has 4 aromatic rings. The molecule has 0 aliphatic carbocycles. The highest BCUT2D eigenvalue weighted by atomic mass is 32.2. The zero-order valence-corrected chi connectivity index (χ0v) is 20.3. The van der Waals surface area contributed by atoms with E-state index in [2.05, 4.69) is 4.72 Å². The largest absolute Gasteiger partial charge is 0.492 e. The number of rotatable bonds is 8. The first-order valence-electron chi connectivity index (χ1n) is 11.0. The van der Waals surface area contributed by atoms with Crippen molar-refractivity contribution in [1.29, 1.82) is 0 Å². The first-order chi connectivity index (χ1) is 17.4. The lowest BCUT2D eigenvalue weighted by Gasteiger charge is -2.11. The van der Waals surface area contributed by atoms with E-state index in [1.807, 2.05) is 0 Å². The van der Waals surface area contributed by atoms with Gasteiger partial charge in [-0.25, -0.2) is 22.3 Å². The fraction of sp³-hybridized carbons (Fsp3) is 0.192. The van der Waals surface area contributed by atoms with Crippen molar-refractivity contribution in [3.63, 3.8) is 0 Å². The summed E-state index contributed by atoms with van der Waals surface area (Å²) in [6, 6.07) is 14.5. The number of alkyl halides is 3. The quantitative estimate of drug-likeness (QED) is 0.190. The highest BCUT2D eigenvalue weighted by molar-refractivity contribution is 7.89. The molecule has 1 heterocycles. The van der Waals surface area contributed by atoms with Gasteiger partial charge >= 0.3 is 11.8 Å². The first kappa shape index (κ1) is 26.4. The molecule has 0 saturated heterocycles. The second-order valence-electron chi connectivity index (χ2n) is 8.28. The minimum Gasteiger partial charge on any atom is -0.492 e. The van der Waals surface area contributed by atoms with Crippen molar-refractivity contribution in [1.82, 2.24) is 4.72 Å². The maximum atomic E-state index is 13.4. The maximum absolute atomic E-state index is 13.4. The summed E-state index contributed by atoms with van der Waals surface area (Å²) < 4.78 is 91.3. The Morgan fingerprint density at radius 3 is 2.35 bits per heavy atom. The number of aryl methyl sites for hydroxylation is 1. The fourth-order valence-corrected chi connectivity index (χ4v) is 4.74. The second-order valence-corrected chi connectivity index (χ2v) is 10.1. The Kier molecular flexibility index (Phi) is 7.37. The van der Waals surface area contributed by atoms with Gasteiger partial charge in [0.1, 0.15) is 23.8 Å². The lowest BCUT2D eigenvalue weighted by molar-refractivity contribution is -0.136. The van der Waals surface area contributed by atoms with Crippen LogP contribution in [0.4, 0.5) is 17.6 Å². The van der Waals surface area contributed by atoms with Gasteiger partial charge in [0.2, 0.25) is 10.0 Å². The molecule has 37 heavy (non-hydrogen) atoms. The molecular weight excluding hydrogens is 514 g/mol. The van der Waals surface area contributed by atoms with E-state index in [1.54, 1.807) is 25.1 Å². The maximum Gasteiger partial charge on any atom is 0.417 e. The second kappa shape index (κ2) is 10.3. The summed E-state index contributed by atoms with van der Waals surface area (Å²) in [6.07, 6.45) is -4.50. The number of nitrogens with one attached hydrogen (secondary N) is 1. The number of halogens is 4. The Labute approximate surface area is 209 Å². The van der Waals surface area contributed by atoms with Crippen LogP contribution in [0.25, 0.3) is 11.0 Å². The number of ether oxygens (including phenoxy) is 1. The molecule has 0 aliphatic rings. The van der Waals surface area contributed by atoms with Crippen molar-refractivity contribution in [2.45, 2.75) is 24.4 Å². The van der Waals surface area contributed by atoms with Crippen molar-refractivity contribution in [2.24, 2.45) is 0 Å². The standard InChI is InChI=1S/C26H21F4NO5S/c1-16-2-6-19(27)14-24(16)35-11-10-31-37(33,34)20-7-3-17(4-8-20)12-18-5-9-23-21(13-18)22(26(28,29)30)15-25(32)36-23/h2-9,13-15,31H,10-12H2,1H3. The zero-order valence-electron chi connectivity index (χ0n) is 19.4. The van der Waals surface area contributed by atoms with E-state index in [-0.39, 0.29) is 35.4 Å². The van der Waals surface area contributed by atoms with Crippen LogP contribution in [0.3, 0.4) is 0 Å². The van der Waals surface area contributed by atoms with Crippen LogP contribution in [0.15, 0.2) is 80.8 Å². The highest BCUT2D eigenvalue weighted by Gasteiger charge is 2.33. The summed E-state index contributed by atoms with van der Waals surface area (Å²) in [5.41, 5.74) is -0.448. The number of benzene rings is 3. The first-order valence-corrected chi connectivity index (χ1v) is 12.5. The van der Waals surface area contributed by atoms with Crippen LogP contribution in [0.5, 0.6) is 5.75 Å². The average Bonchev–Trinajstić information content (AvgIpc) is 2.83. The van der Waals surface area contributed by atoms with E-state index in [4.69, 9.17) is 9.15 Å². The van der Waals surface area contributed by atoms with E-state index in [0.29, 0.717) is 28.5 Å². The zero-order chi connectivity index (χ0) is 26.8. The van der Waals surface area contributed by atoms with Crippen LogP contribution >= 0.6 is 0 Å². The van der Waals surface area contributed by atoms with Gasteiger partial charge in [-0.1, -0.05) is 24.3 Å². The van der Waals surface area contributed by atoms with Gasteiger partial charge < -0.3 is 9.15 Å². The van der Waals surface area contributed by atoms with Crippen LogP contribution in [0, 0.1) is 12.7 Å². The summed E-state index contributed by atoms with van der Waals surface area (Å²) in [5.74, 6) is -0.140. The summed E-state index contributed by atoms with van der Waals surface area (Å²) in [5, 5.41) is -0.233. The molecule has 1 aromatic heterocycles. The number of hydrogen-bond acceptors (Lipinski definition) is 5. The lowest BCUT2D eigenvalue weighted by Crippen LogP contribution is -2.28. The Morgan fingerprint density at radius 2 is 1.65 bits per heavy atom. The third kappa shape index (κ3) is 6.36. The van der Waals surface area contributed by atoms with Gasteiger partial charge in [0, 0.05) is 24.1 Å². The van der Waals surface area contributed by atoms with E-state index in [1.165, 1.54) is 42.5 Å². The Morgan fingerprint density at radius 1 is 0.946 bits per heavy atom. The molecule has 11 heteroatoms. The molecule has 194 valence electrons. The van der Waals surface area contributed by atoms with Gasteiger partial charge in [-0.05, 0) is 60.4 Å². The summed E-state index contributed by atoms with van der Waals surface area (Å²) in [4.78, 5) is 11.5. The SMILES string of the molecule is Cc1ccc(F)cc1OCCNS(=O)(=O)c1ccc(Cc2ccc3oc(=O)cc(C(F)(F)F)c3c2)cc1. The van der Waals surface area contributed by atoms with Gasteiger partial charge in [0.05, 0.1) is 10.5 Å². The third-order valence-electron chi connectivity index (χ3n) is 5.56. The fourth-order valence-electron chi connectivity index (χ4n) is 3.73. The molecule has 0 atom stereocenters. The van der Waals surface area contributed by atoms with E-state index in [9.17, 15) is 30.8 Å². The summed E-state index contributed by atoms with van der Waals surface area (Å²) in [7, 11) is -3.85. The van der Waals surface area contributed by atoms with Gasteiger partial charge in [0.25, 0.3) is 0 Å². The lowest BCUT2D eigenvalue weighted by atomic mass is 10.0. The Balaban J connectivity index is 1.42. The van der Waals surface area contributed by atoms with Gasteiger partial charge in [0.15, 0.2) is 0 Å². The van der Waals surface area contributed by atoms with Crippen molar-refractivity contribution in [3.8, 4) is 5.75 Å². The molecule has 6 nitrogen and oxygen atoms in total. The molecule has 0 amide bonds. The molecule has 0 unspecified atom stereocenters. The van der Waals surface area contributed by atoms with E-state index < -0.39 is 33.2 Å². The molecule has 0 bridgehead atoms. The van der Waals surface area contributed by atoms with Crippen molar-refractivity contribution >= 4 is 21.0 Å². The van der Waals surface area contributed by atoms with Crippen LogP contribution in [0.1, 0.15) is 22.3 Å². The number of fused-ring (bicyclic) bond motifs is 1. The molecule has 0 fully saturated rings. The molecular formula is C26H21F4NO5S. The van der Waals surface area contributed by atoms with Gasteiger partial charge in [-0.15, -0.1) is 0 Å². The molecule has 1 N–H and O–H groups in total. The van der Waals surface area contributed by atoms with Crippen molar-refractivity contribution in [3.05, 3.63) is 105 Å². The topological polar surface area (TPSA) is 85.6 Å². The Bertz CT molecular complexity index is 1600. The highest BCUT2D eigenvalue weighted by Crippen LogP contribution is 2.34. The van der Waals surface area contributed by atoms with E-state index >= 15 is 0 Å². The molecule has 3 aromatic carbocycles. The van der Waals surface area contributed by atoms with Crippen LogP contribution in [0.2, 0.25) is 0 Å². The predicted octanol–water partition coefficient (Wildman–Crippen LogP) is 5.21. The predicted molar refractivity (Wildman–Crippen MR) is 129 cm³/mol. The number of hydrogen-bond donors (Lipinski definition) is 1. The van der Waals surface area contributed by atoms with Crippen LogP contribution < -0.4 is 15.1 Å². The van der Waals surface area contributed by atoms with Gasteiger partial charge in [-0.3, -0.25) is 0 Å². The van der Waals surface area contributed by atoms with Crippen molar-refractivity contribution < 1.29 is 35.1 Å². The molecule has 0 radical (unpaired) electrons. The molecule has 0 saturated carbocycles. The third-order valence-corrected chi connectivity index (χ3v) is 7.03. The van der Waals surface area contributed by atoms with Crippen LogP contribution in [-0.2, 0) is 22.6 Å². The van der Waals surface area contributed by atoms with Crippen LogP contribution in [-0.4, -0.2) is 21.6 Å². The minimum atomic E-state index is -4.73. The normalized spacial score (nSPS) is 12.1. The smallest absolute Gasteiger partial charge is 0.417 e. The van der Waals surface area contributed by atoms with E-state index in [0.717, 1.165) is 0 Å². The molecule has 0 aliphatic heterocycles. The number of sulfonamides is 1. The van der Waals surface area contributed by atoms with Gasteiger partial charge in [-0.2, -0.15) is 13.2 Å². The molecule has 4 rings (SSSR count).